The van der Waals surface area contributed by atoms with Gasteiger partial charge < -0.3 is 5.73 Å². The lowest BCUT2D eigenvalue weighted by atomic mass is 9.92. The molecule has 0 bridgehead atoms. The van der Waals surface area contributed by atoms with Crippen LogP contribution in [0.15, 0.2) is 18.2 Å². The standard InChI is InChI=1S/C14H21Cl2N/c1-3-10(4-2)7-13(17)8-11-5-6-12(15)9-14(11)16/h5-6,9-10,13H,3-4,7-8,17H2,1-2H3. The van der Waals surface area contributed by atoms with E-state index in [9.17, 15) is 0 Å². The number of hydrogen-bond donors (Lipinski definition) is 1. The number of hydrogen-bond acceptors (Lipinski definition) is 1. The maximum Gasteiger partial charge on any atom is 0.0453 e. The van der Waals surface area contributed by atoms with Crippen LogP contribution in [0, 0.1) is 5.92 Å². The van der Waals surface area contributed by atoms with Gasteiger partial charge in [-0.15, -0.1) is 0 Å². The third kappa shape index (κ3) is 4.87. The zero-order chi connectivity index (χ0) is 12.8. The molecule has 0 spiro atoms. The Balaban J connectivity index is 2.58. The van der Waals surface area contributed by atoms with Gasteiger partial charge in [0.25, 0.3) is 0 Å². The van der Waals surface area contributed by atoms with Gasteiger partial charge in [0, 0.05) is 16.1 Å². The summed E-state index contributed by atoms with van der Waals surface area (Å²) in [5.41, 5.74) is 7.27. The normalized spacial score (nSPS) is 13.1. The Kier molecular flexibility index (Phi) is 6.32. The first kappa shape index (κ1) is 14.8. The molecular weight excluding hydrogens is 253 g/mol. The van der Waals surface area contributed by atoms with Crippen molar-refractivity contribution in [2.75, 3.05) is 0 Å². The van der Waals surface area contributed by atoms with Crippen LogP contribution in [0.5, 0.6) is 0 Å². The van der Waals surface area contributed by atoms with Gasteiger partial charge in [0.05, 0.1) is 0 Å². The zero-order valence-electron chi connectivity index (χ0n) is 10.5. The van der Waals surface area contributed by atoms with E-state index in [4.69, 9.17) is 28.9 Å². The molecule has 0 saturated heterocycles. The third-order valence-electron chi connectivity index (χ3n) is 3.29. The Labute approximate surface area is 114 Å². The van der Waals surface area contributed by atoms with Crippen molar-refractivity contribution >= 4 is 23.2 Å². The van der Waals surface area contributed by atoms with Crippen molar-refractivity contribution < 1.29 is 0 Å². The maximum atomic E-state index is 6.17. The van der Waals surface area contributed by atoms with Gasteiger partial charge in [-0.05, 0) is 36.5 Å². The van der Waals surface area contributed by atoms with Gasteiger partial charge in [0.2, 0.25) is 0 Å². The van der Waals surface area contributed by atoms with Gasteiger partial charge in [-0.2, -0.15) is 0 Å². The summed E-state index contributed by atoms with van der Waals surface area (Å²) in [4.78, 5) is 0. The van der Waals surface area contributed by atoms with Crippen molar-refractivity contribution in [2.24, 2.45) is 11.7 Å². The largest absolute Gasteiger partial charge is 0.327 e. The highest BCUT2D eigenvalue weighted by Crippen LogP contribution is 2.23. The lowest BCUT2D eigenvalue weighted by molar-refractivity contribution is 0.407. The van der Waals surface area contributed by atoms with E-state index in [-0.39, 0.29) is 6.04 Å². The molecule has 17 heavy (non-hydrogen) atoms. The molecule has 0 radical (unpaired) electrons. The van der Waals surface area contributed by atoms with E-state index in [0.717, 1.165) is 29.3 Å². The summed E-state index contributed by atoms with van der Waals surface area (Å²) in [7, 11) is 0. The number of halogens is 2. The van der Waals surface area contributed by atoms with Gasteiger partial charge in [-0.25, -0.2) is 0 Å². The first-order valence-corrected chi connectivity index (χ1v) is 7.01. The lowest BCUT2D eigenvalue weighted by Gasteiger charge is -2.18. The molecule has 0 aliphatic carbocycles. The number of rotatable bonds is 6. The van der Waals surface area contributed by atoms with E-state index in [1.165, 1.54) is 12.8 Å². The minimum atomic E-state index is 0.179. The van der Waals surface area contributed by atoms with Crippen molar-refractivity contribution in [3.63, 3.8) is 0 Å². The molecular formula is C14H21Cl2N. The molecule has 0 saturated carbocycles. The van der Waals surface area contributed by atoms with Gasteiger partial charge in [0.15, 0.2) is 0 Å². The molecule has 1 unspecified atom stereocenters. The van der Waals surface area contributed by atoms with Crippen LogP contribution in [0.25, 0.3) is 0 Å². The van der Waals surface area contributed by atoms with Crippen LogP contribution in [0.4, 0.5) is 0 Å². The average Bonchev–Trinajstić information content (AvgIpc) is 2.29. The minimum Gasteiger partial charge on any atom is -0.327 e. The molecule has 1 nitrogen and oxygen atoms in total. The summed E-state index contributed by atoms with van der Waals surface area (Å²) in [6.45, 7) is 4.44. The van der Waals surface area contributed by atoms with E-state index in [1.54, 1.807) is 6.07 Å². The van der Waals surface area contributed by atoms with Crippen molar-refractivity contribution in [1.82, 2.24) is 0 Å². The zero-order valence-corrected chi connectivity index (χ0v) is 12.1. The van der Waals surface area contributed by atoms with E-state index >= 15 is 0 Å². The average molecular weight is 274 g/mol. The summed E-state index contributed by atoms with van der Waals surface area (Å²) in [6.07, 6.45) is 4.27. The second kappa shape index (κ2) is 7.25. The first-order valence-electron chi connectivity index (χ1n) is 6.26. The molecule has 0 aliphatic heterocycles. The van der Waals surface area contributed by atoms with Gasteiger partial charge >= 0.3 is 0 Å². The van der Waals surface area contributed by atoms with Crippen molar-refractivity contribution in [2.45, 2.75) is 45.6 Å². The highest BCUT2D eigenvalue weighted by molar-refractivity contribution is 6.35. The van der Waals surface area contributed by atoms with E-state index in [1.807, 2.05) is 12.1 Å². The van der Waals surface area contributed by atoms with Crippen molar-refractivity contribution in [3.05, 3.63) is 33.8 Å². The van der Waals surface area contributed by atoms with Gasteiger partial charge in [0.1, 0.15) is 0 Å². The van der Waals surface area contributed by atoms with Crippen molar-refractivity contribution in [3.8, 4) is 0 Å². The molecule has 0 heterocycles. The summed E-state index contributed by atoms with van der Waals surface area (Å²) in [6, 6.07) is 5.80. The Morgan fingerprint density at radius 1 is 1.18 bits per heavy atom. The quantitative estimate of drug-likeness (QED) is 0.800. The molecule has 1 aromatic rings. The van der Waals surface area contributed by atoms with E-state index in [0.29, 0.717) is 5.02 Å². The van der Waals surface area contributed by atoms with Crippen LogP contribution < -0.4 is 5.73 Å². The Morgan fingerprint density at radius 3 is 2.35 bits per heavy atom. The monoisotopic (exact) mass is 273 g/mol. The number of benzene rings is 1. The fourth-order valence-electron chi connectivity index (χ4n) is 2.10. The summed E-state index contributed by atoms with van der Waals surface area (Å²) in [5.74, 6) is 0.719. The Hall–Kier alpha value is -0.240. The third-order valence-corrected chi connectivity index (χ3v) is 3.87. The maximum absolute atomic E-state index is 6.17. The van der Waals surface area contributed by atoms with Crippen LogP contribution in [-0.4, -0.2) is 6.04 Å². The smallest absolute Gasteiger partial charge is 0.0453 e. The molecule has 1 aromatic carbocycles. The summed E-state index contributed by atoms with van der Waals surface area (Å²) < 4.78 is 0. The first-order chi connectivity index (χ1) is 8.06. The predicted octanol–water partition coefficient (Wildman–Crippen LogP) is 4.69. The SMILES string of the molecule is CCC(CC)CC(N)Cc1ccc(Cl)cc1Cl. The molecule has 0 aromatic heterocycles. The predicted molar refractivity (Wildman–Crippen MR) is 76.8 cm³/mol. The molecule has 0 amide bonds. The fraction of sp³-hybridized carbons (Fsp3) is 0.571. The lowest BCUT2D eigenvalue weighted by Crippen LogP contribution is -2.26. The van der Waals surface area contributed by atoms with Crippen LogP contribution in [-0.2, 0) is 6.42 Å². The van der Waals surface area contributed by atoms with E-state index < -0.39 is 0 Å². The molecule has 3 heteroatoms. The van der Waals surface area contributed by atoms with Gasteiger partial charge in [-0.3, -0.25) is 0 Å². The molecule has 1 rings (SSSR count). The van der Waals surface area contributed by atoms with Crippen LogP contribution in [0.1, 0.15) is 38.7 Å². The highest BCUT2D eigenvalue weighted by Gasteiger charge is 2.12. The van der Waals surface area contributed by atoms with Gasteiger partial charge in [-0.1, -0.05) is 56.0 Å². The molecule has 0 fully saturated rings. The van der Waals surface area contributed by atoms with Crippen LogP contribution in [0.3, 0.4) is 0 Å². The topological polar surface area (TPSA) is 26.0 Å². The second-order valence-corrected chi connectivity index (χ2v) is 5.46. The Morgan fingerprint density at radius 2 is 1.82 bits per heavy atom. The Bertz CT molecular complexity index is 348. The summed E-state index contributed by atoms with van der Waals surface area (Å²) >= 11 is 12.0. The van der Waals surface area contributed by atoms with Crippen molar-refractivity contribution in [1.29, 1.82) is 0 Å². The fourth-order valence-corrected chi connectivity index (χ4v) is 2.59. The molecule has 1 atom stereocenters. The summed E-state index contributed by atoms with van der Waals surface area (Å²) in [5, 5.41) is 1.39. The van der Waals surface area contributed by atoms with E-state index in [2.05, 4.69) is 13.8 Å². The second-order valence-electron chi connectivity index (χ2n) is 4.62. The highest BCUT2D eigenvalue weighted by atomic mass is 35.5. The molecule has 0 aliphatic rings. The molecule has 2 N–H and O–H groups in total. The molecule has 96 valence electrons. The van der Waals surface area contributed by atoms with Crippen LogP contribution >= 0.6 is 23.2 Å². The van der Waals surface area contributed by atoms with Crippen LogP contribution in [0.2, 0.25) is 10.0 Å². The number of nitrogens with two attached hydrogens (primary N) is 1. The minimum absolute atomic E-state index is 0.179.